The number of aromatic nitrogens is 4. The number of piperidine rings is 1. The number of fused-ring (bicyclic) bond motifs is 1. The van der Waals surface area contributed by atoms with Gasteiger partial charge in [-0.1, -0.05) is 42.5 Å². The summed E-state index contributed by atoms with van der Waals surface area (Å²) in [7, 11) is 0. The Morgan fingerprint density at radius 1 is 1.00 bits per heavy atom. The first-order valence-corrected chi connectivity index (χ1v) is 13.1. The lowest BCUT2D eigenvalue weighted by molar-refractivity contribution is 0.102. The maximum absolute atomic E-state index is 12.8. The molecule has 1 N–H and O–H groups in total. The molecule has 1 amide bonds. The molecule has 1 saturated heterocycles. The van der Waals surface area contributed by atoms with Crippen LogP contribution < -0.4 is 10.2 Å². The van der Waals surface area contributed by atoms with Gasteiger partial charge in [-0.2, -0.15) is 0 Å². The predicted molar refractivity (Wildman–Crippen MR) is 144 cm³/mol. The molecule has 0 atom stereocenters. The van der Waals surface area contributed by atoms with Crippen LogP contribution in [0, 0.1) is 5.92 Å². The monoisotopic (exact) mass is 494 g/mol. The molecule has 4 heterocycles. The highest BCUT2D eigenvalue weighted by atomic mass is 32.1. The molecule has 0 radical (unpaired) electrons. The topological polar surface area (TPSA) is 75.4 Å². The van der Waals surface area contributed by atoms with Crippen LogP contribution in [0.3, 0.4) is 0 Å². The van der Waals surface area contributed by atoms with Gasteiger partial charge in [-0.3, -0.25) is 9.20 Å². The van der Waals surface area contributed by atoms with E-state index in [1.807, 2.05) is 52.5 Å². The second-order valence-corrected chi connectivity index (χ2v) is 10.0. The summed E-state index contributed by atoms with van der Waals surface area (Å²) in [5.41, 5.74) is 4.21. The summed E-state index contributed by atoms with van der Waals surface area (Å²) in [6.07, 6.45) is 7.35. The number of imidazole rings is 1. The van der Waals surface area contributed by atoms with E-state index in [1.165, 1.54) is 5.56 Å². The molecule has 0 bridgehead atoms. The molecule has 0 unspecified atom stereocenters. The third-order valence-electron chi connectivity index (χ3n) is 6.70. The summed E-state index contributed by atoms with van der Waals surface area (Å²) in [5.74, 6) is 1.24. The van der Waals surface area contributed by atoms with Gasteiger partial charge in [0.15, 0.2) is 16.5 Å². The normalized spacial score (nSPS) is 14.3. The predicted octanol–water partition coefficient (Wildman–Crippen LogP) is 5.56. The number of anilines is 2. The van der Waals surface area contributed by atoms with Crippen LogP contribution in [0.1, 0.15) is 28.9 Å². The minimum Gasteiger partial charge on any atom is -0.355 e. The van der Waals surface area contributed by atoms with E-state index in [0.29, 0.717) is 17.3 Å². The van der Waals surface area contributed by atoms with E-state index in [1.54, 1.807) is 17.4 Å². The molecule has 0 saturated carbocycles. The zero-order valence-electron chi connectivity index (χ0n) is 19.7. The molecule has 8 heteroatoms. The van der Waals surface area contributed by atoms with Crippen LogP contribution in [0.5, 0.6) is 0 Å². The van der Waals surface area contributed by atoms with Gasteiger partial charge in [0, 0.05) is 42.1 Å². The highest BCUT2D eigenvalue weighted by Gasteiger charge is 2.21. The Labute approximate surface area is 213 Å². The molecule has 1 aliphatic rings. The van der Waals surface area contributed by atoms with Crippen molar-refractivity contribution in [1.82, 2.24) is 19.6 Å². The molecule has 0 aliphatic carbocycles. The first-order valence-electron chi connectivity index (χ1n) is 12.2. The number of benzene rings is 2. The van der Waals surface area contributed by atoms with Gasteiger partial charge in [0.05, 0.1) is 5.69 Å². The first kappa shape index (κ1) is 22.4. The van der Waals surface area contributed by atoms with Crippen molar-refractivity contribution in [2.24, 2.45) is 5.92 Å². The number of carbonyl (C=O) groups excluding carboxylic acids is 1. The standard InChI is InChI=1S/C28H26N6OS/c35-27(29-23-8-4-7-22(18-23)25-19-34-15-16-36-28(34)30-25)24-9-10-26(32-31-24)33-13-11-21(12-14-33)17-20-5-2-1-3-6-20/h1-10,15-16,18-19,21H,11-14,17H2,(H,29,35). The van der Waals surface area contributed by atoms with Crippen molar-refractivity contribution in [3.8, 4) is 11.3 Å². The molecule has 3 aromatic heterocycles. The highest BCUT2D eigenvalue weighted by molar-refractivity contribution is 7.15. The molecule has 5 aromatic rings. The Balaban J connectivity index is 1.06. The van der Waals surface area contributed by atoms with Crippen LogP contribution in [-0.4, -0.2) is 38.6 Å². The smallest absolute Gasteiger partial charge is 0.276 e. The quantitative estimate of drug-likeness (QED) is 0.334. The zero-order valence-corrected chi connectivity index (χ0v) is 20.6. The van der Waals surface area contributed by atoms with Crippen molar-refractivity contribution in [2.75, 3.05) is 23.3 Å². The van der Waals surface area contributed by atoms with Crippen LogP contribution >= 0.6 is 11.3 Å². The lowest BCUT2D eigenvalue weighted by atomic mass is 9.90. The Morgan fingerprint density at radius 3 is 2.64 bits per heavy atom. The molecular formula is C28H26N6OS. The summed E-state index contributed by atoms with van der Waals surface area (Å²) in [4.78, 5) is 20.7. The fourth-order valence-electron chi connectivity index (χ4n) is 4.75. The van der Waals surface area contributed by atoms with Gasteiger partial charge >= 0.3 is 0 Å². The van der Waals surface area contributed by atoms with Crippen LogP contribution in [-0.2, 0) is 6.42 Å². The van der Waals surface area contributed by atoms with Crippen molar-refractivity contribution in [2.45, 2.75) is 19.3 Å². The minimum atomic E-state index is -0.279. The van der Waals surface area contributed by atoms with Gasteiger partial charge in [-0.25, -0.2) is 4.98 Å². The van der Waals surface area contributed by atoms with Crippen LogP contribution in [0.25, 0.3) is 16.2 Å². The second kappa shape index (κ2) is 9.91. The van der Waals surface area contributed by atoms with E-state index in [2.05, 4.69) is 55.7 Å². The van der Waals surface area contributed by atoms with Crippen molar-refractivity contribution in [3.63, 3.8) is 0 Å². The summed E-state index contributed by atoms with van der Waals surface area (Å²) < 4.78 is 1.99. The van der Waals surface area contributed by atoms with Crippen LogP contribution in [0.4, 0.5) is 11.5 Å². The summed E-state index contributed by atoms with van der Waals surface area (Å²) in [6.45, 7) is 1.91. The molecule has 0 spiro atoms. The summed E-state index contributed by atoms with van der Waals surface area (Å²) >= 11 is 1.59. The van der Waals surface area contributed by atoms with E-state index >= 15 is 0 Å². The molecular weight excluding hydrogens is 468 g/mol. The van der Waals surface area contributed by atoms with Gasteiger partial charge in [0.1, 0.15) is 0 Å². The fraction of sp³-hybridized carbons (Fsp3) is 0.214. The lowest BCUT2D eigenvalue weighted by Gasteiger charge is -2.32. The molecule has 36 heavy (non-hydrogen) atoms. The largest absolute Gasteiger partial charge is 0.355 e. The van der Waals surface area contributed by atoms with E-state index < -0.39 is 0 Å². The molecule has 1 aliphatic heterocycles. The highest BCUT2D eigenvalue weighted by Crippen LogP contribution is 2.26. The van der Waals surface area contributed by atoms with Gasteiger partial charge in [0.2, 0.25) is 0 Å². The second-order valence-electron chi connectivity index (χ2n) is 9.15. The molecule has 7 nitrogen and oxygen atoms in total. The number of nitrogens with one attached hydrogen (secondary N) is 1. The minimum absolute atomic E-state index is 0.279. The Kier molecular flexibility index (Phi) is 6.17. The maximum Gasteiger partial charge on any atom is 0.276 e. The number of thiazole rings is 1. The average Bonchev–Trinajstić information content (AvgIpc) is 3.53. The van der Waals surface area contributed by atoms with Crippen molar-refractivity contribution >= 4 is 33.7 Å². The Hall–Kier alpha value is -4.04. The number of carbonyl (C=O) groups is 1. The van der Waals surface area contributed by atoms with Gasteiger partial charge in [-0.15, -0.1) is 21.5 Å². The summed E-state index contributed by atoms with van der Waals surface area (Å²) in [5, 5.41) is 13.5. The van der Waals surface area contributed by atoms with E-state index in [0.717, 1.165) is 54.4 Å². The Morgan fingerprint density at radius 2 is 1.86 bits per heavy atom. The molecule has 180 valence electrons. The molecule has 6 rings (SSSR count). The Bertz CT molecular complexity index is 1440. The third-order valence-corrected chi connectivity index (χ3v) is 7.47. The number of hydrogen-bond donors (Lipinski definition) is 1. The first-order chi connectivity index (χ1) is 17.7. The van der Waals surface area contributed by atoms with Crippen LogP contribution in [0.15, 0.2) is 84.5 Å². The third kappa shape index (κ3) is 4.85. The van der Waals surface area contributed by atoms with Gasteiger partial charge in [0.25, 0.3) is 5.91 Å². The van der Waals surface area contributed by atoms with E-state index in [9.17, 15) is 4.79 Å². The van der Waals surface area contributed by atoms with Crippen molar-refractivity contribution < 1.29 is 4.79 Å². The van der Waals surface area contributed by atoms with E-state index in [4.69, 9.17) is 0 Å². The lowest BCUT2D eigenvalue weighted by Crippen LogP contribution is -2.35. The molecule has 2 aromatic carbocycles. The van der Waals surface area contributed by atoms with E-state index in [-0.39, 0.29) is 5.91 Å². The average molecular weight is 495 g/mol. The fourth-order valence-corrected chi connectivity index (χ4v) is 5.45. The van der Waals surface area contributed by atoms with Crippen molar-refractivity contribution in [3.05, 3.63) is 95.8 Å². The van der Waals surface area contributed by atoms with Gasteiger partial charge in [-0.05, 0) is 55.0 Å². The maximum atomic E-state index is 12.8. The number of amides is 1. The summed E-state index contributed by atoms with van der Waals surface area (Å²) in [6, 6.07) is 22.0. The number of hydrogen-bond acceptors (Lipinski definition) is 6. The SMILES string of the molecule is O=C(Nc1cccc(-c2cn3ccsc3n2)c1)c1ccc(N2CCC(Cc3ccccc3)CC2)nn1. The van der Waals surface area contributed by atoms with Crippen molar-refractivity contribution in [1.29, 1.82) is 0 Å². The van der Waals surface area contributed by atoms with Crippen LogP contribution in [0.2, 0.25) is 0 Å². The number of rotatable bonds is 6. The number of nitrogens with zero attached hydrogens (tertiary/aromatic N) is 5. The zero-order chi connectivity index (χ0) is 24.3. The van der Waals surface area contributed by atoms with Gasteiger partial charge < -0.3 is 10.2 Å². The molecule has 1 fully saturated rings.